The molecule has 0 unspecified atom stereocenters. The lowest BCUT2D eigenvalue weighted by Crippen LogP contribution is -1.95. The first-order valence-electron chi connectivity index (χ1n) is 16.6. The molecule has 0 aliphatic rings. The summed E-state index contributed by atoms with van der Waals surface area (Å²) in [6.45, 7) is 0. The van der Waals surface area contributed by atoms with E-state index in [9.17, 15) is 0 Å². The van der Waals surface area contributed by atoms with Gasteiger partial charge in [-0.3, -0.25) is 0 Å². The van der Waals surface area contributed by atoms with Crippen LogP contribution >= 0.6 is 0 Å². The first kappa shape index (κ1) is 25.8. The third-order valence-corrected chi connectivity index (χ3v) is 10.4. The van der Waals surface area contributed by atoms with E-state index in [-0.39, 0.29) is 0 Å². The van der Waals surface area contributed by atoms with Crippen molar-refractivity contribution in [3.8, 4) is 22.5 Å². The van der Waals surface area contributed by atoms with Crippen LogP contribution in [0.15, 0.2) is 170 Å². The quantitative estimate of drug-likeness (QED) is 0.139. The van der Waals surface area contributed by atoms with Gasteiger partial charge >= 0.3 is 0 Å². The highest BCUT2D eigenvalue weighted by atomic mass is 15.0. The van der Waals surface area contributed by atoms with Crippen molar-refractivity contribution in [1.29, 1.82) is 0 Å². The van der Waals surface area contributed by atoms with Crippen molar-refractivity contribution in [3.05, 3.63) is 170 Å². The van der Waals surface area contributed by atoms with E-state index in [2.05, 4.69) is 179 Å². The van der Waals surface area contributed by atoms with Gasteiger partial charge in [0.25, 0.3) is 0 Å². The summed E-state index contributed by atoms with van der Waals surface area (Å²) in [6.07, 6.45) is 0. The molecule has 11 aromatic rings. The summed E-state index contributed by atoms with van der Waals surface area (Å²) in [4.78, 5) is 0. The number of benzene rings is 9. The Balaban J connectivity index is 1.31. The number of nitrogens with zero attached hydrogens (tertiary/aromatic N) is 2. The largest absolute Gasteiger partial charge is 0.309 e. The predicted molar refractivity (Wildman–Crippen MR) is 204 cm³/mol. The molecule has 2 aromatic heterocycles. The van der Waals surface area contributed by atoms with Crippen LogP contribution in [0.3, 0.4) is 0 Å². The minimum Gasteiger partial charge on any atom is -0.309 e. The molecular formula is C46H28N2. The Hall–Kier alpha value is -6.38. The van der Waals surface area contributed by atoms with Gasteiger partial charge < -0.3 is 9.13 Å². The minimum absolute atomic E-state index is 1.17. The van der Waals surface area contributed by atoms with Crippen LogP contribution in [-0.2, 0) is 0 Å². The van der Waals surface area contributed by atoms with E-state index in [1.807, 2.05) is 0 Å². The Morgan fingerprint density at radius 1 is 0.312 bits per heavy atom. The fourth-order valence-electron chi connectivity index (χ4n) is 8.49. The van der Waals surface area contributed by atoms with Gasteiger partial charge in [-0.2, -0.15) is 0 Å². The molecule has 0 bridgehead atoms. The van der Waals surface area contributed by atoms with Gasteiger partial charge in [-0.1, -0.05) is 115 Å². The molecule has 0 atom stereocenters. The van der Waals surface area contributed by atoms with Crippen LogP contribution in [0, 0.1) is 0 Å². The first-order valence-corrected chi connectivity index (χ1v) is 16.6. The molecule has 0 aliphatic carbocycles. The highest BCUT2D eigenvalue weighted by molar-refractivity contribution is 6.39. The maximum atomic E-state index is 2.51. The van der Waals surface area contributed by atoms with Gasteiger partial charge in [0.05, 0.1) is 22.1 Å². The van der Waals surface area contributed by atoms with Gasteiger partial charge in [0.1, 0.15) is 0 Å². The summed E-state index contributed by atoms with van der Waals surface area (Å²) in [5.41, 5.74) is 9.77. The van der Waals surface area contributed by atoms with Crippen molar-refractivity contribution in [3.63, 3.8) is 0 Å². The van der Waals surface area contributed by atoms with Gasteiger partial charge in [0.15, 0.2) is 0 Å². The Kier molecular flexibility index (Phi) is 5.14. The second kappa shape index (κ2) is 9.57. The van der Waals surface area contributed by atoms with Gasteiger partial charge in [0.2, 0.25) is 0 Å². The first-order chi connectivity index (χ1) is 23.8. The molecule has 9 aromatic carbocycles. The van der Waals surface area contributed by atoms with Crippen LogP contribution in [0.5, 0.6) is 0 Å². The van der Waals surface area contributed by atoms with Gasteiger partial charge in [-0.05, 0) is 92.7 Å². The summed E-state index contributed by atoms with van der Waals surface area (Å²) in [5, 5.41) is 13.0. The smallest absolute Gasteiger partial charge is 0.0632 e. The second-order valence-corrected chi connectivity index (χ2v) is 12.9. The van der Waals surface area contributed by atoms with E-state index in [4.69, 9.17) is 0 Å². The average Bonchev–Trinajstić information content (AvgIpc) is 3.68. The summed E-state index contributed by atoms with van der Waals surface area (Å²) in [6, 6.07) is 62.4. The summed E-state index contributed by atoms with van der Waals surface area (Å²) in [5.74, 6) is 0. The molecule has 222 valence electrons. The summed E-state index contributed by atoms with van der Waals surface area (Å²) >= 11 is 0. The zero-order chi connectivity index (χ0) is 31.3. The normalized spacial score (nSPS) is 12.2. The molecule has 2 heterocycles. The van der Waals surface area contributed by atoms with E-state index in [1.165, 1.54) is 98.4 Å². The molecular weight excluding hydrogens is 581 g/mol. The number of rotatable bonds is 3. The van der Waals surface area contributed by atoms with Crippen LogP contribution in [0.1, 0.15) is 0 Å². The minimum atomic E-state index is 1.17. The van der Waals surface area contributed by atoms with Crippen LogP contribution in [0.2, 0.25) is 0 Å². The van der Waals surface area contributed by atoms with Crippen LogP contribution in [0.25, 0.3) is 98.4 Å². The molecule has 0 amide bonds. The summed E-state index contributed by atoms with van der Waals surface area (Å²) in [7, 11) is 0. The highest BCUT2D eigenvalue weighted by Crippen LogP contribution is 2.48. The van der Waals surface area contributed by atoms with Crippen molar-refractivity contribution < 1.29 is 0 Å². The van der Waals surface area contributed by atoms with Crippen molar-refractivity contribution in [2.45, 2.75) is 0 Å². The summed E-state index contributed by atoms with van der Waals surface area (Å²) < 4.78 is 4.90. The standard InChI is InChI=1S/C46H28N2/c1-3-14-31(15-4-1)47-40-23-10-9-20-36(40)38-27-29(25-26-41(38)47)33-21-11-13-30-28-39-35-19-8-7-18-34(35)37-22-12-24-42-44(37)45(39)46(43(30)33)48(42)32-16-5-2-6-17-32/h1-28H. The molecule has 2 nitrogen and oxygen atoms in total. The molecule has 0 spiro atoms. The van der Waals surface area contributed by atoms with Crippen molar-refractivity contribution in [2.75, 3.05) is 0 Å². The SMILES string of the molecule is c1ccc(-n2c3ccccc3c3cc(-c4cccc5cc6c7ccccc7c7cccc8c7c6c(c45)n8-c4ccccc4)ccc32)cc1. The van der Waals surface area contributed by atoms with E-state index >= 15 is 0 Å². The molecule has 48 heavy (non-hydrogen) atoms. The fourth-order valence-corrected chi connectivity index (χ4v) is 8.49. The lowest BCUT2D eigenvalue weighted by Gasteiger charge is -2.15. The average molecular weight is 609 g/mol. The Labute approximate surface area is 276 Å². The van der Waals surface area contributed by atoms with E-state index in [0.29, 0.717) is 0 Å². The number of fused-ring (bicyclic) bond motifs is 8. The lowest BCUT2D eigenvalue weighted by molar-refractivity contribution is 1.18. The molecule has 2 heteroatoms. The number of aromatic nitrogens is 2. The Morgan fingerprint density at radius 2 is 0.917 bits per heavy atom. The van der Waals surface area contributed by atoms with Crippen LogP contribution < -0.4 is 0 Å². The molecule has 0 fully saturated rings. The van der Waals surface area contributed by atoms with Crippen LogP contribution in [0.4, 0.5) is 0 Å². The maximum absolute atomic E-state index is 2.51. The third-order valence-electron chi connectivity index (χ3n) is 10.4. The third kappa shape index (κ3) is 3.36. The number of hydrogen-bond donors (Lipinski definition) is 0. The van der Waals surface area contributed by atoms with E-state index in [0.717, 1.165) is 0 Å². The Morgan fingerprint density at radius 3 is 1.71 bits per heavy atom. The zero-order valence-corrected chi connectivity index (χ0v) is 26.1. The van der Waals surface area contributed by atoms with Crippen molar-refractivity contribution in [2.24, 2.45) is 0 Å². The van der Waals surface area contributed by atoms with Crippen LogP contribution in [-0.4, -0.2) is 9.13 Å². The lowest BCUT2D eigenvalue weighted by atomic mass is 9.90. The maximum Gasteiger partial charge on any atom is 0.0632 e. The number of para-hydroxylation sites is 3. The van der Waals surface area contributed by atoms with E-state index in [1.54, 1.807) is 0 Å². The van der Waals surface area contributed by atoms with Crippen molar-refractivity contribution in [1.82, 2.24) is 9.13 Å². The van der Waals surface area contributed by atoms with Gasteiger partial charge in [-0.25, -0.2) is 0 Å². The molecule has 11 rings (SSSR count). The predicted octanol–water partition coefficient (Wildman–Crippen LogP) is 12.4. The molecule has 0 aliphatic heterocycles. The topological polar surface area (TPSA) is 9.86 Å². The molecule has 0 radical (unpaired) electrons. The monoisotopic (exact) mass is 608 g/mol. The van der Waals surface area contributed by atoms with Gasteiger partial charge in [-0.15, -0.1) is 0 Å². The molecule has 0 N–H and O–H groups in total. The molecule has 0 saturated heterocycles. The second-order valence-electron chi connectivity index (χ2n) is 12.9. The zero-order valence-electron chi connectivity index (χ0n) is 26.1. The van der Waals surface area contributed by atoms with E-state index < -0.39 is 0 Å². The van der Waals surface area contributed by atoms with Crippen molar-refractivity contribution >= 4 is 75.9 Å². The fraction of sp³-hybridized carbons (Fsp3) is 0. The highest BCUT2D eigenvalue weighted by Gasteiger charge is 2.23. The van der Waals surface area contributed by atoms with Gasteiger partial charge in [0, 0.05) is 38.3 Å². The Bertz CT molecular complexity index is 3040. The molecule has 0 saturated carbocycles. The number of hydrogen-bond acceptors (Lipinski definition) is 0.